The SMILES string of the molecule is CC(C)(Oc1ccc(Cl)cc1)C(=O)NCCSCc1ccccc1F. The van der Waals surface area contributed by atoms with Crippen molar-refractivity contribution in [3.63, 3.8) is 0 Å². The molecule has 0 atom stereocenters. The maximum Gasteiger partial charge on any atom is 0.263 e. The average molecular weight is 382 g/mol. The summed E-state index contributed by atoms with van der Waals surface area (Å²) in [4.78, 5) is 12.3. The summed E-state index contributed by atoms with van der Waals surface area (Å²) in [5.74, 6) is 1.45. The minimum absolute atomic E-state index is 0.198. The fraction of sp³-hybridized carbons (Fsp3) is 0.316. The molecule has 0 radical (unpaired) electrons. The maximum atomic E-state index is 13.5. The van der Waals surface area contributed by atoms with E-state index in [2.05, 4.69) is 5.32 Å². The van der Waals surface area contributed by atoms with Gasteiger partial charge in [0, 0.05) is 23.1 Å². The molecule has 3 nitrogen and oxygen atoms in total. The molecule has 1 amide bonds. The zero-order chi connectivity index (χ0) is 18.3. The van der Waals surface area contributed by atoms with Crippen LogP contribution in [0, 0.1) is 5.82 Å². The Morgan fingerprint density at radius 1 is 1.20 bits per heavy atom. The van der Waals surface area contributed by atoms with Gasteiger partial charge in [-0.15, -0.1) is 0 Å². The number of ether oxygens (including phenoxy) is 1. The predicted molar refractivity (Wildman–Crippen MR) is 102 cm³/mol. The molecule has 2 rings (SSSR count). The molecule has 0 saturated carbocycles. The van der Waals surface area contributed by atoms with Crippen LogP contribution < -0.4 is 10.1 Å². The van der Waals surface area contributed by atoms with Gasteiger partial charge in [0.2, 0.25) is 0 Å². The lowest BCUT2D eigenvalue weighted by atomic mass is 10.1. The highest BCUT2D eigenvalue weighted by molar-refractivity contribution is 7.98. The molecular formula is C19H21ClFNO2S. The second-order valence-corrected chi connectivity index (χ2v) is 7.51. The third-order valence-corrected chi connectivity index (χ3v) is 4.74. The Kier molecular flexibility index (Phi) is 7.14. The fourth-order valence-electron chi connectivity index (χ4n) is 2.09. The highest BCUT2D eigenvalue weighted by Gasteiger charge is 2.29. The number of hydrogen-bond donors (Lipinski definition) is 1. The summed E-state index contributed by atoms with van der Waals surface area (Å²) >= 11 is 7.41. The highest BCUT2D eigenvalue weighted by atomic mass is 35.5. The quantitative estimate of drug-likeness (QED) is 0.674. The molecular weight excluding hydrogens is 361 g/mol. The topological polar surface area (TPSA) is 38.3 Å². The number of benzene rings is 2. The van der Waals surface area contributed by atoms with E-state index in [4.69, 9.17) is 16.3 Å². The number of amides is 1. The van der Waals surface area contributed by atoms with Crippen molar-refractivity contribution in [2.24, 2.45) is 0 Å². The normalized spacial score (nSPS) is 11.2. The van der Waals surface area contributed by atoms with Crippen molar-refractivity contribution in [1.82, 2.24) is 5.32 Å². The molecule has 0 aromatic heterocycles. The lowest BCUT2D eigenvalue weighted by molar-refractivity contribution is -0.134. The molecule has 0 spiro atoms. The number of carbonyl (C=O) groups is 1. The smallest absolute Gasteiger partial charge is 0.263 e. The average Bonchev–Trinajstić information content (AvgIpc) is 2.58. The largest absolute Gasteiger partial charge is 0.478 e. The Morgan fingerprint density at radius 3 is 2.56 bits per heavy atom. The van der Waals surface area contributed by atoms with Crippen LogP contribution in [-0.4, -0.2) is 23.8 Å². The van der Waals surface area contributed by atoms with Gasteiger partial charge < -0.3 is 10.1 Å². The molecule has 0 aliphatic carbocycles. The van der Waals surface area contributed by atoms with Gasteiger partial charge in [0.1, 0.15) is 11.6 Å². The predicted octanol–water partition coefficient (Wildman–Crippen LogP) is 4.69. The van der Waals surface area contributed by atoms with E-state index in [1.54, 1.807) is 62.0 Å². The van der Waals surface area contributed by atoms with Gasteiger partial charge in [-0.3, -0.25) is 4.79 Å². The van der Waals surface area contributed by atoms with Crippen LogP contribution in [0.2, 0.25) is 5.02 Å². The molecule has 0 fully saturated rings. The van der Waals surface area contributed by atoms with Crippen LogP contribution in [0.15, 0.2) is 48.5 Å². The van der Waals surface area contributed by atoms with Crippen molar-refractivity contribution in [1.29, 1.82) is 0 Å². The number of thioether (sulfide) groups is 1. The molecule has 0 bridgehead atoms. The molecule has 134 valence electrons. The molecule has 2 aromatic rings. The molecule has 0 unspecified atom stereocenters. The Balaban J connectivity index is 1.73. The Bertz CT molecular complexity index is 707. The fourth-order valence-corrected chi connectivity index (χ4v) is 3.06. The molecule has 1 N–H and O–H groups in total. The van der Waals surface area contributed by atoms with E-state index in [-0.39, 0.29) is 11.7 Å². The number of carbonyl (C=O) groups excluding carboxylic acids is 1. The van der Waals surface area contributed by atoms with Gasteiger partial charge in [-0.1, -0.05) is 29.8 Å². The summed E-state index contributed by atoms with van der Waals surface area (Å²) in [6.07, 6.45) is 0. The van der Waals surface area contributed by atoms with Crippen LogP contribution in [0.1, 0.15) is 19.4 Å². The van der Waals surface area contributed by atoms with Gasteiger partial charge in [0.05, 0.1) is 0 Å². The first-order chi connectivity index (χ1) is 11.9. The summed E-state index contributed by atoms with van der Waals surface area (Å²) in [5, 5.41) is 3.46. The minimum atomic E-state index is -0.996. The van der Waals surface area contributed by atoms with Gasteiger partial charge >= 0.3 is 0 Å². The van der Waals surface area contributed by atoms with E-state index in [0.717, 1.165) is 0 Å². The lowest BCUT2D eigenvalue weighted by Gasteiger charge is -2.25. The van der Waals surface area contributed by atoms with Gasteiger partial charge in [-0.2, -0.15) is 11.8 Å². The molecule has 0 aliphatic heterocycles. The monoisotopic (exact) mass is 381 g/mol. The summed E-state index contributed by atoms with van der Waals surface area (Å²) in [6, 6.07) is 13.6. The van der Waals surface area contributed by atoms with Gasteiger partial charge in [-0.25, -0.2) is 4.39 Å². The minimum Gasteiger partial charge on any atom is -0.478 e. The Hall–Kier alpha value is -1.72. The first-order valence-corrected chi connectivity index (χ1v) is 9.46. The summed E-state index contributed by atoms with van der Waals surface area (Å²) in [7, 11) is 0. The van der Waals surface area contributed by atoms with Crippen molar-refractivity contribution in [2.45, 2.75) is 25.2 Å². The summed E-state index contributed by atoms with van der Waals surface area (Å²) < 4.78 is 19.2. The highest BCUT2D eigenvalue weighted by Crippen LogP contribution is 2.21. The first kappa shape index (κ1) is 19.6. The van der Waals surface area contributed by atoms with Crippen LogP contribution in [0.25, 0.3) is 0 Å². The zero-order valence-corrected chi connectivity index (χ0v) is 15.8. The Labute approximate surface area is 156 Å². The summed E-state index contributed by atoms with van der Waals surface area (Å²) in [6.45, 7) is 3.91. The van der Waals surface area contributed by atoms with Crippen molar-refractivity contribution in [3.05, 3.63) is 64.9 Å². The summed E-state index contributed by atoms with van der Waals surface area (Å²) in [5.41, 5.74) is -0.324. The second-order valence-electron chi connectivity index (χ2n) is 5.97. The van der Waals surface area contributed by atoms with E-state index in [9.17, 15) is 9.18 Å². The van der Waals surface area contributed by atoms with E-state index in [1.165, 1.54) is 6.07 Å². The third-order valence-electron chi connectivity index (χ3n) is 3.48. The van der Waals surface area contributed by atoms with E-state index in [1.807, 2.05) is 6.07 Å². The Morgan fingerprint density at radius 2 is 1.88 bits per heavy atom. The van der Waals surface area contributed by atoms with Crippen LogP contribution in [0.3, 0.4) is 0 Å². The standard InChI is InChI=1S/C19H21ClFNO2S/c1-19(2,24-16-9-7-15(20)8-10-16)18(23)22-11-12-25-13-14-5-3-4-6-17(14)21/h3-10H,11-13H2,1-2H3,(H,22,23). The molecule has 25 heavy (non-hydrogen) atoms. The second kappa shape index (κ2) is 9.11. The van der Waals surface area contributed by atoms with Crippen molar-refractivity contribution < 1.29 is 13.9 Å². The van der Waals surface area contributed by atoms with Crippen molar-refractivity contribution in [3.8, 4) is 5.75 Å². The van der Waals surface area contributed by atoms with Gasteiger partial charge in [0.15, 0.2) is 5.60 Å². The zero-order valence-electron chi connectivity index (χ0n) is 14.2. The molecule has 6 heteroatoms. The van der Waals surface area contributed by atoms with Crippen molar-refractivity contribution >= 4 is 29.3 Å². The van der Waals surface area contributed by atoms with Crippen molar-refractivity contribution in [2.75, 3.05) is 12.3 Å². The molecule has 0 aliphatic rings. The van der Waals surface area contributed by atoms with Crippen LogP contribution in [0.4, 0.5) is 4.39 Å². The van der Waals surface area contributed by atoms with E-state index >= 15 is 0 Å². The number of rotatable bonds is 8. The lowest BCUT2D eigenvalue weighted by Crippen LogP contribution is -2.47. The number of hydrogen-bond acceptors (Lipinski definition) is 3. The van der Waals surface area contributed by atoms with Gasteiger partial charge in [-0.05, 0) is 49.7 Å². The molecule has 0 heterocycles. The first-order valence-electron chi connectivity index (χ1n) is 7.92. The van der Waals surface area contributed by atoms with Crippen LogP contribution in [0.5, 0.6) is 5.75 Å². The van der Waals surface area contributed by atoms with E-state index < -0.39 is 5.60 Å². The van der Waals surface area contributed by atoms with Crippen LogP contribution in [-0.2, 0) is 10.5 Å². The number of nitrogens with one attached hydrogen (secondary N) is 1. The van der Waals surface area contributed by atoms with Crippen LogP contribution >= 0.6 is 23.4 Å². The molecule has 2 aromatic carbocycles. The molecule has 0 saturated heterocycles. The maximum absolute atomic E-state index is 13.5. The van der Waals surface area contributed by atoms with E-state index in [0.29, 0.717) is 34.4 Å². The number of halogens is 2. The van der Waals surface area contributed by atoms with Gasteiger partial charge in [0.25, 0.3) is 5.91 Å². The third kappa shape index (κ3) is 6.25.